The van der Waals surface area contributed by atoms with E-state index in [1.54, 1.807) is 50.2 Å². The fraction of sp³-hybridized carbons (Fsp3) is 0.634. The number of rotatable bonds is 21. The summed E-state index contributed by atoms with van der Waals surface area (Å²) in [4.78, 5) is 0. The predicted octanol–water partition coefficient (Wildman–Crippen LogP) is 26.0. The van der Waals surface area contributed by atoms with Gasteiger partial charge in [0.1, 0.15) is 0 Å². The van der Waals surface area contributed by atoms with Crippen molar-refractivity contribution >= 4 is 0 Å². The van der Waals surface area contributed by atoms with E-state index >= 15 is 0 Å². The summed E-state index contributed by atoms with van der Waals surface area (Å²) in [5.41, 5.74) is 10.7. The quantitative estimate of drug-likeness (QED) is 0.0666. The zero-order chi connectivity index (χ0) is 60.2. The Morgan fingerprint density at radius 3 is 1.16 bits per heavy atom. The van der Waals surface area contributed by atoms with Crippen LogP contribution in [0.2, 0.25) is 0 Å². The van der Waals surface area contributed by atoms with Gasteiger partial charge < -0.3 is 4.74 Å². The molecule has 0 radical (unpaired) electrons. The van der Waals surface area contributed by atoms with Crippen molar-refractivity contribution < 1.29 is 13.5 Å². The van der Waals surface area contributed by atoms with Crippen LogP contribution in [0.15, 0.2) is 109 Å². The number of unbranched alkanes of at least 4 members (excludes halogenated alkanes) is 3. The molecule has 5 aromatic rings. The minimum absolute atomic E-state index is 0.00448. The van der Waals surface area contributed by atoms with Crippen LogP contribution in [0.4, 0.5) is 8.78 Å². The zero-order valence-corrected chi connectivity index (χ0v) is 55.4. The summed E-state index contributed by atoms with van der Waals surface area (Å²) < 4.78 is 34.3. The maximum Gasteiger partial charge on any atom is 0.201 e. The van der Waals surface area contributed by atoms with Crippen molar-refractivity contribution in [3.63, 3.8) is 0 Å². The summed E-state index contributed by atoms with van der Waals surface area (Å²) in [5, 5.41) is 0. The number of benzene rings is 5. The lowest BCUT2D eigenvalue weighted by molar-refractivity contribution is 0.142. The minimum Gasteiger partial charge on any atom is -0.490 e. The van der Waals surface area contributed by atoms with Crippen LogP contribution in [0.1, 0.15) is 287 Å². The van der Waals surface area contributed by atoms with Crippen LogP contribution in [-0.4, -0.2) is 6.61 Å². The number of aryl methyl sites for hydroxylation is 3. The topological polar surface area (TPSA) is 9.23 Å². The molecule has 0 aliphatic heterocycles. The number of hydrogen-bond acceptors (Lipinski definition) is 1. The molecular formula is C82H120F2O. The van der Waals surface area contributed by atoms with Gasteiger partial charge in [0.2, 0.25) is 5.82 Å². The van der Waals surface area contributed by atoms with E-state index in [-0.39, 0.29) is 5.75 Å². The molecular weight excluding hydrogens is 1040 g/mol. The van der Waals surface area contributed by atoms with Crippen molar-refractivity contribution in [3.05, 3.63) is 149 Å². The lowest BCUT2D eigenvalue weighted by atomic mass is 9.68. The predicted molar refractivity (Wildman–Crippen MR) is 364 cm³/mol. The van der Waals surface area contributed by atoms with E-state index in [1.165, 1.54) is 200 Å². The van der Waals surface area contributed by atoms with E-state index in [9.17, 15) is 8.78 Å². The Bertz CT molecular complexity index is 2520. The van der Waals surface area contributed by atoms with E-state index in [0.717, 1.165) is 66.1 Å². The summed E-state index contributed by atoms with van der Waals surface area (Å²) in [5.74, 6) is 8.14. The molecule has 10 rings (SSSR count). The van der Waals surface area contributed by atoms with Gasteiger partial charge in [-0.25, -0.2) is 4.39 Å². The second kappa shape index (κ2) is 37.6. The summed E-state index contributed by atoms with van der Waals surface area (Å²) in [7, 11) is 0. The SMILES string of the molecule is CCCC1CCC(C2CCC(CC)CC2)CC1.CCCC1CCC(C2CCC(c3ccc(C)cc3)CC2)CC1.CCCCCc1ccc(-c2ccc(C)cc2)cc1.CCCCOc1ccc(-c2ccc(C3CCC(CCC)CC3)cc2)c(F)c1F. The highest BCUT2D eigenvalue weighted by Gasteiger charge is 2.32. The molecule has 5 aromatic carbocycles. The normalized spacial score (nSPS) is 25.0. The molecule has 0 amide bonds. The van der Waals surface area contributed by atoms with Crippen LogP contribution in [-0.2, 0) is 6.42 Å². The second-order valence-electron chi connectivity index (χ2n) is 27.9. The van der Waals surface area contributed by atoms with Gasteiger partial charge in [-0.1, -0.05) is 252 Å². The summed E-state index contributed by atoms with van der Waals surface area (Å²) in [6, 6.07) is 38.2. The highest BCUT2D eigenvalue weighted by Crippen LogP contribution is 2.46. The van der Waals surface area contributed by atoms with Gasteiger partial charge in [0.05, 0.1) is 6.61 Å². The van der Waals surface area contributed by atoms with Crippen molar-refractivity contribution in [1.29, 1.82) is 0 Å². The molecule has 5 aliphatic rings. The minimum atomic E-state index is -0.896. The first kappa shape index (κ1) is 68.3. The lowest BCUT2D eigenvalue weighted by Crippen LogP contribution is -2.25. The van der Waals surface area contributed by atoms with E-state index in [0.29, 0.717) is 23.7 Å². The van der Waals surface area contributed by atoms with Crippen LogP contribution in [0.25, 0.3) is 22.3 Å². The van der Waals surface area contributed by atoms with Crippen LogP contribution in [0.3, 0.4) is 0 Å². The average Bonchev–Trinajstić information content (AvgIpc) is 3.68. The Hall–Kier alpha value is -4.24. The van der Waals surface area contributed by atoms with Crippen molar-refractivity contribution in [2.75, 3.05) is 6.61 Å². The molecule has 468 valence electrons. The zero-order valence-electron chi connectivity index (χ0n) is 55.4. The molecule has 85 heavy (non-hydrogen) atoms. The van der Waals surface area contributed by atoms with Crippen LogP contribution in [0.5, 0.6) is 5.75 Å². The van der Waals surface area contributed by atoms with Crippen molar-refractivity contribution in [2.45, 2.75) is 279 Å². The standard InChI is InChI=1S/C25H32F2O.C22H34.C18H22.C17H32/c1-3-5-17-28-23-16-15-22(24(26)25(23)27)21-13-11-20(12-14-21)19-9-7-18(6-4-2)8-10-19;1-3-4-18-7-11-20(12-8-18)22-15-13-21(14-16-22)19-9-5-17(2)6-10-19;1-3-4-5-6-16-9-13-18(14-10-16)17-11-7-15(2)8-12-17;1-3-5-15-8-12-17(13-9-15)16-10-6-14(4-2)7-11-16/h11-16,18-19H,3-10,17H2,1-2H3;5-6,9-10,18,20-22H,3-4,7-8,11-16H2,1-2H3;7-14H,3-6H2,1-2H3;14-17H,3-13H2,1-2H3. The summed E-state index contributed by atoms with van der Waals surface area (Å²) in [6.07, 6.45) is 46.2. The van der Waals surface area contributed by atoms with Gasteiger partial charge in [-0.05, 0) is 228 Å². The largest absolute Gasteiger partial charge is 0.490 e. The summed E-state index contributed by atoms with van der Waals surface area (Å²) >= 11 is 0. The smallest absolute Gasteiger partial charge is 0.201 e. The molecule has 0 bridgehead atoms. The number of halogens is 2. The molecule has 0 unspecified atom stereocenters. The first-order valence-electron chi connectivity index (χ1n) is 36.0. The number of hydrogen-bond donors (Lipinski definition) is 0. The monoisotopic (exact) mass is 1160 g/mol. The Morgan fingerprint density at radius 1 is 0.353 bits per heavy atom. The molecule has 1 nitrogen and oxygen atoms in total. The summed E-state index contributed by atoms with van der Waals surface area (Å²) in [6.45, 7) is 18.3. The maximum atomic E-state index is 14.6. The van der Waals surface area contributed by atoms with Crippen LogP contribution >= 0.6 is 0 Å². The molecule has 5 fully saturated rings. The van der Waals surface area contributed by atoms with Crippen molar-refractivity contribution in [2.24, 2.45) is 47.3 Å². The molecule has 3 heteroatoms. The molecule has 0 atom stereocenters. The molecule has 5 saturated carbocycles. The molecule has 0 saturated heterocycles. The Morgan fingerprint density at radius 2 is 0.729 bits per heavy atom. The second-order valence-corrected chi connectivity index (χ2v) is 27.9. The van der Waals surface area contributed by atoms with E-state index in [2.05, 4.69) is 133 Å². The maximum absolute atomic E-state index is 14.6. The molecule has 0 heterocycles. The Labute approximate surface area is 520 Å². The highest BCUT2D eigenvalue weighted by molar-refractivity contribution is 5.66. The van der Waals surface area contributed by atoms with E-state index < -0.39 is 11.6 Å². The number of ether oxygens (including phenoxy) is 1. The van der Waals surface area contributed by atoms with Gasteiger partial charge in [-0.3, -0.25) is 0 Å². The fourth-order valence-electron chi connectivity index (χ4n) is 16.1. The Kier molecular flexibility index (Phi) is 30.2. The third-order valence-corrected chi connectivity index (χ3v) is 21.7. The molecule has 0 aromatic heterocycles. The third kappa shape index (κ3) is 22.1. The van der Waals surface area contributed by atoms with Crippen molar-refractivity contribution in [3.8, 4) is 28.0 Å². The fourth-order valence-corrected chi connectivity index (χ4v) is 16.1. The first-order chi connectivity index (χ1) is 41.5. The Balaban J connectivity index is 0.000000166. The van der Waals surface area contributed by atoms with Gasteiger partial charge >= 0.3 is 0 Å². The first-order valence-corrected chi connectivity index (χ1v) is 36.0. The third-order valence-electron chi connectivity index (χ3n) is 21.7. The highest BCUT2D eigenvalue weighted by atomic mass is 19.2. The average molecular weight is 1160 g/mol. The van der Waals surface area contributed by atoms with Crippen LogP contribution in [0, 0.1) is 72.8 Å². The van der Waals surface area contributed by atoms with Crippen LogP contribution < -0.4 is 4.74 Å². The molecule has 0 N–H and O–H groups in total. The van der Waals surface area contributed by atoms with Crippen molar-refractivity contribution in [1.82, 2.24) is 0 Å². The van der Waals surface area contributed by atoms with E-state index in [4.69, 9.17) is 4.74 Å². The molecule has 5 aliphatic carbocycles. The van der Waals surface area contributed by atoms with E-state index in [1.807, 2.05) is 19.1 Å². The van der Waals surface area contributed by atoms with Gasteiger partial charge in [0.25, 0.3) is 0 Å². The molecule has 0 spiro atoms. The van der Waals surface area contributed by atoms with Gasteiger partial charge in [-0.15, -0.1) is 0 Å². The lowest BCUT2D eigenvalue weighted by Gasteiger charge is -2.38. The van der Waals surface area contributed by atoms with Gasteiger partial charge in [-0.2, -0.15) is 4.39 Å². The van der Waals surface area contributed by atoms with Gasteiger partial charge in [0.15, 0.2) is 11.6 Å². The van der Waals surface area contributed by atoms with Gasteiger partial charge in [0, 0.05) is 5.56 Å².